The topological polar surface area (TPSA) is 76.0 Å². The molecule has 1 aliphatic carbocycles. The number of fused-ring (bicyclic) bond motifs is 1. The number of aromatic amines is 1. The number of anilines is 1. The van der Waals surface area contributed by atoms with Crippen LogP contribution in [-0.4, -0.2) is 46.1 Å². The van der Waals surface area contributed by atoms with Gasteiger partial charge in [-0.1, -0.05) is 6.07 Å². The molecule has 6 rings (SSSR count). The van der Waals surface area contributed by atoms with Gasteiger partial charge >= 0.3 is 0 Å². The fraction of sp³-hybridized carbons (Fsp3) is 0.292. The molecule has 0 amide bonds. The van der Waals surface area contributed by atoms with Crippen LogP contribution in [0.15, 0.2) is 59.7 Å². The normalized spacial score (nSPS) is 16.7. The summed E-state index contributed by atoms with van der Waals surface area (Å²) in [5, 5.41) is 5.18. The first kappa shape index (κ1) is 18.3. The predicted molar refractivity (Wildman–Crippen MR) is 120 cm³/mol. The molecule has 1 aliphatic heterocycles. The standard InChI is InChI=1S/C24H23N5O2/c30-24-21-8-3-17(13-22(21)26-23(27-24)16-1-2-16)18-14-25-29(15-18)20-6-4-19(5-7-20)28-9-11-31-12-10-28/h3-8,13-16H,1-2,9-12H2,(H,26,27,30). The minimum absolute atomic E-state index is 0.0606. The highest BCUT2D eigenvalue weighted by molar-refractivity contribution is 5.83. The highest BCUT2D eigenvalue weighted by Crippen LogP contribution is 2.38. The van der Waals surface area contributed by atoms with Gasteiger partial charge < -0.3 is 14.6 Å². The van der Waals surface area contributed by atoms with E-state index in [1.165, 1.54) is 5.69 Å². The van der Waals surface area contributed by atoms with E-state index in [-0.39, 0.29) is 5.56 Å². The summed E-state index contributed by atoms with van der Waals surface area (Å²) < 4.78 is 7.31. The van der Waals surface area contributed by atoms with E-state index in [1.54, 1.807) is 0 Å². The van der Waals surface area contributed by atoms with Gasteiger partial charge in [-0.25, -0.2) is 9.67 Å². The average molecular weight is 413 g/mol. The highest BCUT2D eigenvalue weighted by atomic mass is 16.5. The SMILES string of the molecule is O=c1[nH]c(C2CC2)nc2cc(-c3cnn(-c4ccc(N5CCOCC5)cc4)c3)ccc12. The number of hydrogen-bond donors (Lipinski definition) is 1. The molecule has 1 N–H and O–H groups in total. The number of rotatable bonds is 4. The lowest BCUT2D eigenvalue weighted by atomic mass is 10.1. The zero-order chi connectivity index (χ0) is 20.8. The van der Waals surface area contributed by atoms with Crippen molar-refractivity contribution >= 4 is 16.6 Å². The third kappa shape index (κ3) is 3.51. The van der Waals surface area contributed by atoms with E-state index in [1.807, 2.05) is 35.3 Å². The molecule has 0 unspecified atom stereocenters. The van der Waals surface area contributed by atoms with Crippen molar-refractivity contribution in [3.05, 3.63) is 71.0 Å². The fourth-order valence-electron chi connectivity index (χ4n) is 4.14. The van der Waals surface area contributed by atoms with Gasteiger partial charge in [0, 0.05) is 36.5 Å². The molecular formula is C24H23N5O2. The van der Waals surface area contributed by atoms with Crippen molar-refractivity contribution in [1.29, 1.82) is 0 Å². The fourth-order valence-corrected chi connectivity index (χ4v) is 4.14. The largest absolute Gasteiger partial charge is 0.378 e. The average Bonchev–Trinajstić information content (AvgIpc) is 3.56. The van der Waals surface area contributed by atoms with Gasteiger partial charge in [-0.05, 0) is 54.8 Å². The molecule has 2 aliphatic rings. The van der Waals surface area contributed by atoms with Crippen molar-refractivity contribution in [2.24, 2.45) is 0 Å². The molecule has 0 radical (unpaired) electrons. The summed E-state index contributed by atoms with van der Waals surface area (Å²) in [4.78, 5) is 22.4. The molecule has 7 nitrogen and oxygen atoms in total. The van der Waals surface area contributed by atoms with Crippen LogP contribution in [-0.2, 0) is 4.74 Å². The Hall–Kier alpha value is -3.45. The number of hydrogen-bond acceptors (Lipinski definition) is 5. The summed E-state index contributed by atoms with van der Waals surface area (Å²) in [6.07, 6.45) is 6.07. The molecule has 1 saturated carbocycles. The number of ether oxygens (including phenoxy) is 1. The Morgan fingerprint density at radius 3 is 2.52 bits per heavy atom. The molecule has 31 heavy (non-hydrogen) atoms. The van der Waals surface area contributed by atoms with Gasteiger partial charge in [0.15, 0.2) is 0 Å². The molecule has 2 fully saturated rings. The first-order valence-electron chi connectivity index (χ1n) is 10.8. The maximum atomic E-state index is 12.4. The lowest BCUT2D eigenvalue weighted by Crippen LogP contribution is -2.36. The minimum atomic E-state index is -0.0606. The van der Waals surface area contributed by atoms with Crippen LogP contribution in [0.1, 0.15) is 24.6 Å². The maximum absolute atomic E-state index is 12.4. The van der Waals surface area contributed by atoms with E-state index in [4.69, 9.17) is 9.72 Å². The summed E-state index contributed by atoms with van der Waals surface area (Å²) in [5.41, 5.74) is 4.89. The predicted octanol–water partition coefficient (Wildman–Crippen LogP) is 3.49. The summed E-state index contributed by atoms with van der Waals surface area (Å²) in [5.74, 6) is 1.22. The Balaban J connectivity index is 1.29. The van der Waals surface area contributed by atoms with Gasteiger partial charge in [0.2, 0.25) is 0 Å². The van der Waals surface area contributed by atoms with Gasteiger partial charge in [0.25, 0.3) is 5.56 Å². The molecule has 0 spiro atoms. The van der Waals surface area contributed by atoms with Crippen molar-refractivity contribution in [3.8, 4) is 16.8 Å². The quantitative estimate of drug-likeness (QED) is 0.554. The monoisotopic (exact) mass is 413 g/mol. The molecule has 1 saturated heterocycles. The van der Waals surface area contributed by atoms with Crippen LogP contribution < -0.4 is 10.5 Å². The van der Waals surface area contributed by atoms with Crippen LogP contribution in [0.3, 0.4) is 0 Å². The van der Waals surface area contributed by atoms with Crippen molar-refractivity contribution in [3.63, 3.8) is 0 Å². The zero-order valence-electron chi connectivity index (χ0n) is 17.1. The van der Waals surface area contributed by atoms with E-state index in [0.717, 1.165) is 67.3 Å². The Labute approximate surface area is 179 Å². The van der Waals surface area contributed by atoms with Crippen LogP contribution in [0.25, 0.3) is 27.7 Å². The van der Waals surface area contributed by atoms with Crippen LogP contribution in [0, 0.1) is 0 Å². The van der Waals surface area contributed by atoms with E-state index in [9.17, 15) is 4.79 Å². The van der Waals surface area contributed by atoms with Crippen molar-refractivity contribution in [2.75, 3.05) is 31.2 Å². The number of nitrogens with zero attached hydrogens (tertiary/aromatic N) is 4. The van der Waals surface area contributed by atoms with Gasteiger partial charge in [-0.15, -0.1) is 0 Å². The number of aromatic nitrogens is 4. The van der Waals surface area contributed by atoms with E-state index in [2.05, 4.69) is 39.2 Å². The van der Waals surface area contributed by atoms with Gasteiger partial charge in [0.05, 0.1) is 36.0 Å². The smallest absolute Gasteiger partial charge is 0.258 e. The molecule has 7 heteroatoms. The lowest BCUT2D eigenvalue weighted by Gasteiger charge is -2.28. The number of morpholine rings is 1. The molecule has 2 aromatic carbocycles. The Kier molecular flexibility index (Phi) is 4.35. The van der Waals surface area contributed by atoms with E-state index >= 15 is 0 Å². The van der Waals surface area contributed by atoms with Crippen LogP contribution >= 0.6 is 0 Å². The number of H-pyrrole nitrogens is 1. The first-order chi connectivity index (χ1) is 15.2. The van der Waals surface area contributed by atoms with Crippen LogP contribution in [0.5, 0.6) is 0 Å². The minimum Gasteiger partial charge on any atom is -0.378 e. The summed E-state index contributed by atoms with van der Waals surface area (Å²) in [6.45, 7) is 3.40. The van der Waals surface area contributed by atoms with Crippen molar-refractivity contribution in [2.45, 2.75) is 18.8 Å². The Morgan fingerprint density at radius 1 is 0.968 bits per heavy atom. The van der Waals surface area contributed by atoms with E-state index in [0.29, 0.717) is 11.3 Å². The molecule has 3 heterocycles. The maximum Gasteiger partial charge on any atom is 0.258 e. The van der Waals surface area contributed by atoms with Gasteiger partial charge in [-0.3, -0.25) is 4.79 Å². The Bertz CT molecular complexity index is 1300. The Morgan fingerprint density at radius 2 is 1.74 bits per heavy atom. The summed E-state index contributed by atoms with van der Waals surface area (Å²) in [6, 6.07) is 14.2. The van der Waals surface area contributed by atoms with Gasteiger partial charge in [-0.2, -0.15) is 5.10 Å². The molecular weight excluding hydrogens is 390 g/mol. The second-order valence-corrected chi connectivity index (χ2v) is 8.25. The summed E-state index contributed by atoms with van der Waals surface area (Å²) in [7, 11) is 0. The number of benzene rings is 2. The highest BCUT2D eigenvalue weighted by Gasteiger charge is 2.26. The summed E-state index contributed by atoms with van der Waals surface area (Å²) >= 11 is 0. The molecule has 4 aromatic rings. The van der Waals surface area contributed by atoms with E-state index < -0.39 is 0 Å². The number of nitrogens with one attached hydrogen (secondary N) is 1. The van der Waals surface area contributed by atoms with Crippen molar-refractivity contribution < 1.29 is 4.74 Å². The first-order valence-corrected chi connectivity index (χ1v) is 10.8. The molecule has 0 atom stereocenters. The lowest BCUT2D eigenvalue weighted by molar-refractivity contribution is 0.122. The molecule has 0 bridgehead atoms. The molecule has 156 valence electrons. The van der Waals surface area contributed by atoms with Crippen LogP contribution in [0.2, 0.25) is 0 Å². The second-order valence-electron chi connectivity index (χ2n) is 8.25. The van der Waals surface area contributed by atoms with Crippen molar-refractivity contribution in [1.82, 2.24) is 19.7 Å². The zero-order valence-corrected chi connectivity index (χ0v) is 17.1. The third-order valence-corrected chi connectivity index (χ3v) is 6.10. The van der Waals surface area contributed by atoms with Crippen LogP contribution in [0.4, 0.5) is 5.69 Å². The third-order valence-electron chi connectivity index (χ3n) is 6.10. The second kappa shape index (κ2) is 7.35. The molecule has 2 aromatic heterocycles. The van der Waals surface area contributed by atoms with Gasteiger partial charge in [0.1, 0.15) is 5.82 Å².